The van der Waals surface area contributed by atoms with Crippen LogP contribution in [0.15, 0.2) is 48.6 Å². The van der Waals surface area contributed by atoms with Gasteiger partial charge in [0, 0.05) is 0 Å². The van der Waals surface area contributed by atoms with Gasteiger partial charge in [-0.1, -0.05) is 56.9 Å². The summed E-state index contributed by atoms with van der Waals surface area (Å²) in [5, 5.41) is 0. The van der Waals surface area contributed by atoms with Gasteiger partial charge in [0.05, 0.1) is 0 Å². The summed E-state index contributed by atoms with van der Waals surface area (Å²) in [6.07, 6.45) is 13.6. The molecule has 0 aromatic carbocycles. The Morgan fingerprint density at radius 3 is 2.54 bits per heavy atom. The molecule has 0 radical (unpaired) electrons. The van der Waals surface area contributed by atoms with Gasteiger partial charge in [0.2, 0.25) is 0 Å². The second-order valence-corrected chi connectivity index (χ2v) is 3.00. The molecule has 0 saturated heterocycles. The summed E-state index contributed by atoms with van der Waals surface area (Å²) in [6.45, 7) is 10.1. The van der Waals surface area contributed by atoms with E-state index in [9.17, 15) is 0 Å². The predicted octanol–water partition coefficient (Wildman–Crippen LogP) is 4.28. The van der Waals surface area contributed by atoms with Gasteiger partial charge >= 0.3 is 0 Å². The van der Waals surface area contributed by atoms with Crippen LogP contribution in [0.1, 0.15) is 27.2 Å². The molecule has 0 aromatic heterocycles. The lowest BCUT2D eigenvalue weighted by Gasteiger charge is -2.05. The van der Waals surface area contributed by atoms with Crippen molar-refractivity contribution >= 4 is 0 Å². The van der Waals surface area contributed by atoms with Crippen molar-refractivity contribution in [2.45, 2.75) is 27.2 Å². The van der Waals surface area contributed by atoms with E-state index in [1.165, 1.54) is 5.57 Å². The second-order valence-electron chi connectivity index (χ2n) is 3.00. The Kier molecular flexibility index (Phi) is 6.99. The summed E-state index contributed by atoms with van der Waals surface area (Å²) in [5.41, 5.74) is 1.28. The van der Waals surface area contributed by atoms with Crippen LogP contribution in [0.25, 0.3) is 0 Å². The zero-order valence-electron chi connectivity index (χ0n) is 8.96. The fourth-order valence-electron chi connectivity index (χ4n) is 1.12. The van der Waals surface area contributed by atoms with Crippen LogP contribution in [0.2, 0.25) is 0 Å². The Hall–Kier alpha value is -1.04. The SMILES string of the molecule is C=C/C(=C/C)C(C)/C=C\C=C/CC. The molecule has 0 spiro atoms. The summed E-state index contributed by atoms with van der Waals surface area (Å²) in [5.74, 6) is 0.462. The van der Waals surface area contributed by atoms with Gasteiger partial charge in [0.15, 0.2) is 0 Å². The third-order valence-corrected chi connectivity index (χ3v) is 1.98. The molecule has 0 heterocycles. The van der Waals surface area contributed by atoms with Crippen molar-refractivity contribution in [3.05, 3.63) is 48.6 Å². The van der Waals surface area contributed by atoms with E-state index in [2.05, 4.69) is 50.8 Å². The highest BCUT2D eigenvalue weighted by molar-refractivity contribution is 5.23. The summed E-state index contributed by atoms with van der Waals surface area (Å²) in [7, 11) is 0. The molecule has 1 unspecified atom stereocenters. The van der Waals surface area contributed by atoms with Crippen molar-refractivity contribution in [2.75, 3.05) is 0 Å². The zero-order valence-corrected chi connectivity index (χ0v) is 8.96. The number of hydrogen-bond donors (Lipinski definition) is 0. The van der Waals surface area contributed by atoms with Gasteiger partial charge in [-0.15, -0.1) is 0 Å². The summed E-state index contributed by atoms with van der Waals surface area (Å²) in [4.78, 5) is 0. The summed E-state index contributed by atoms with van der Waals surface area (Å²) < 4.78 is 0. The van der Waals surface area contributed by atoms with Crippen molar-refractivity contribution in [3.8, 4) is 0 Å². The highest BCUT2D eigenvalue weighted by Crippen LogP contribution is 2.12. The van der Waals surface area contributed by atoms with Crippen LogP contribution in [-0.2, 0) is 0 Å². The first-order chi connectivity index (χ1) is 6.26. The molecule has 0 rings (SSSR count). The van der Waals surface area contributed by atoms with Crippen molar-refractivity contribution in [2.24, 2.45) is 5.92 Å². The molecule has 0 aliphatic heterocycles. The fraction of sp³-hybridized carbons (Fsp3) is 0.385. The average Bonchev–Trinajstić information content (AvgIpc) is 2.14. The molecule has 13 heavy (non-hydrogen) atoms. The third kappa shape index (κ3) is 5.24. The smallest absolute Gasteiger partial charge is 0.00108 e. The topological polar surface area (TPSA) is 0 Å². The molecular weight excluding hydrogens is 156 g/mol. The molecule has 0 saturated carbocycles. The highest BCUT2D eigenvalue weighted by atomic mass is 14.0. The van der Waals surface area contributed by atoms with Crippen molar-refractivity contribution in [1.82, 2.24) is 0 Å². The van der Waals surface area contributed by atoms with Gasteiger partial charge in [-0.05, 0) is 24.8 Å². The first kappa shape index (κ1) is 12.0. The van der Waals surface area contributed by atoms with Gasteiger partial charge in [0.1, 0.15) is 0 Å². The molecular formula is C13H20. The standard InChI is InChI=1S/C13H20/c1-5-8-9-10-11-12(4)13(6-2)7-3/h6-12H,2,5H2,1,3-4H3/b9-8-,11-10-,13-7-. The molecule has 0 fully saturated rings. The molecule has 0 aromatic rings. The maximum atomic E-state index is 3.78. The minimum absolute atomic E-state index is 0.462. The van der Waals surface area contributed by atoms with Crippen LogP contribution in [0.4, 0.5) is 0 Å². The lowest BCUT2D eigenvalue weighted by atomic mass is 10.0. The Morgan fingerprint density at radius 1 is 1.38 bits per heavy atom. The Bertz CT molecular complexity index is 216. The monoisotopic (exact) mass is 176 g/mol. The normalized spacial score (nSPS) is 15.5. The van der Waals surface area contributed by atoms with Gasteiger partial charge in [-0.25, -0.2) is 0 Å². The molecule has 0 N–H and O–H groups in total. The van der Waals surface area contributed by atoms with E-state index >= 15 is 0 Å². The second kappa shape index (κ2) is 7.60. The molecule has 72 valence electrons. The first-order valence-corrected chi connectivity index (χ1v) is 4.88. The minimum Gasteiger partial charge on any atom is -0.0988 e. The van der Waals surface area contributed by atoms with Gasteiger partial charge in [0.25, 0.3) is 0 Å². The maximum absolute atomic E-state index is 3.78. The van der Waals surface area contributed by atoms with E-state index in [1.54, 1.807) is 0 Å². The van der Waals surface area contributed by atoms with Crippen molar-refractivity contribution in [3.63, 3.8) is 0 Å². The minimum atomic E-state index is 0.462. The fourth-order valence-corrected chi connectivity index (χ4v) is 1.12. The Labute approximate surface area is 82.4 Å². The third-order valence-electron chi connectivity index (χ3n) is 1.98. The molecule has 0 amide bonds. The average molecular weight is 176 g/mol. The van der Waals surface area contributed by atoms with Crippen LogP contribution in [0, 0.1) is 5.92 Å². The lowest BCUT2D eigenvalue weighted by Crippen LogP contribution is -1.90. The number of hydrogen-bond acceptors (Lipinski definition) is 0. The molecule has 1 atom stereocenters. The Morgan fingerprint density at radius 2 is 2.08 bits per heavy atom. The van der Waals surface area contributed by atoms with Crippen LogP contribution in [-0.4, -0.2) is 0 Å². The highest BCUT2D eigenvalue weighted by Gasteiger charge is 1.97. The van der Waals surface area contributed by atoms with E-state index in [0.29, 0.717) is 5.92 Å². The largest absolute Gasteiger partial charge is 0.0988 e. The number of rotatable bonds is 5. The van der Waals surface area contributed by atoms with E-state index in [-0.39, 0.29) is 0 Å². The van der Waals surface area contributed by atoms with E-state index in [4.69, 9.17) is 0 Å². The van der Waals surface area contributed by atoms with Crippen molar-refractivity contribution < 1.29 is 0 Å². The van der Waals surface area contributed by atoms with Crippen LogP contribution < -0.4 is 0 Å². The van der Waals surface area contributed by atoms with Gasteiger partial charge in [-0.2, -0.15) is 0 Å². The lowest BCUT2D eigenvalue weighted by molar-refractivity contribution is 0.889. The van der Waals surface area contributed by atoms with E-state index < -0.39 is 0 Å². The van der Waals surface area contributed by atoms with Crippen LogP contribution in [0.5, 0.6) is 0 Å². The molecule has 0 heteroatoms. The first-order valence-electron chi connectivity index (χ1n) is 4.88. The molecule has 0 aliphatic rings. The quantitative estimate of drug-likeness (QED) is 0.548. The number of allylic oxidation sites excluding steroid dienone is 7. The molecule has 0 aliphatic carbocycles. The Balaban J connectivity index is 4.12. The van der Waals surface area contributed by atoms with Crippen molar-refractivity contribution in [1.29, 1.82) is 0 Å². The maximum Gasteiger partial charge on any atom is -0.00108 e. The van der Waals surface area contributed by atoms with Crippen LogP contribution in [0.3, 0.4) is 0 Å². The molecule has 0 nitrogen and oxygen atoms in total. The van der Waals surface area contributed by atoms with E-state index in [1.807, 2.05) is 13.0 Å². The zero-order chi connectivity index (χ0) is 10.1. The van der Waals surface area contributed by atoms with Crippen LogP contribution >= 0.6 is 0 Å². The van der Waals surface area contributed by atoms with Gasteiger partial charge < -0.3 is 0 Å². The predicted molar refractivity (Wildman–Crippen MR) is 61.7 cm³/mol. The van der Waals surface area contributed by atoms with Gasteiger partial charge in [-0.3, -0.25) is 0 Å². The summed E-state index contributed by atoms with van der Waals surface area (Å²) in [6, 6.07) is 0. The van der Waals surface area contributed by atoms with E-state index in [0.717, 1.165) is 6.42 Å². The molecule has 0 bridgehead atoms. The summed E-state index contributed by atoms with van der Waals surface area (Å²) >= 11 is 0.